The van der Waals surface area contributed by atoms with E-state index in [0.29, 0.717) is 24.7 Å². The second-order valence-corrected chi connectivity index (χ2v) is 6.89. The number of sulfonamides is 1. The van der Waals surface area contributed by atoms with Gasteiger partial charge in [-0.15, -0.1) is 5.10 Å². The Morgan fingerprint density at radius 3 is 2.52 bits per heavy atom. The molecule has 0 saturated heterocycles. The minimum atomic E-state index is -3.65. The van der Waals surface area contributed by atoms with E-state index in [1.54, 1.807) is 18.3 Å². The van der Waals surface area contributed by atoms with Crippen molar-refractivity contribution in [1.82, 2.24) is 15.2 Å². The molecule has 0 radical (unpaired) electrons. The highest BCUT2D eigenvalue weighted by Crippen LogP contribution is 2.10. The van der Waals surface area contributed by atoms with Crippen molar-refractivity contribution in [3.8, 4) is 0 Å². The molecule has 0 spiro atoms. The van der Waals surface area contributed by atoms with Crippen LogP contribution >= 0.6 is 0 Å². The van der Waals surface area contributed by atoms with Gasteiger partial charge in [0.15, 0.2) is 5.82 Å². The van der Waals surface area contributed by atoms with E-state index in [1.807, 2.05) is 13.8 Å². The molecule has 9 heteroatoms. The van der Waals surface area contributed by atoms with E-state index in [9.17, 15) is 8.42 Å². The molecule has 1 aromatic carbocycles. The van der Waals surface area contributed by atoms with Crippen LogP contribution in [-0.2, 0) is 16.4 Å². The van der Waals surface area contributed by atoms with Gasteiger partial charge in [0, 0.05) is 12.6 Å². The van der Waals surface area contributed by atoms with Gasteiger partial charge >= 0.3 is 0 Å². The summed E-state index contributed by atoms with van der Waals surface area (Å²) in [6.45, 7) is 4.62. The van der Waals surface area contributed by atoms with Crippen molar-refractivity contribution in [3.63, 3.8) is 0 Å². The first-order valence-electron chi connectivity index (χ1n) is 7.16. The molecular weight excluding hydrogens is 316 g/mol. The minimum absolute atomic E-state index is 0.110. The Hall–Kier alpha value is -2.26. The molecule has 0 atom stereocenters. The second-order valence-electron chi connectivity index (χ2n) is 5.33. The van der Waals surface area contributed by atoms with Gasteiger partial charge in [-0.1, -0.05) is 12.1 Å². The number of nitrogens with two attached hydrogens (primary N) is 1. The van der Waals surface area contributed by atoms with Crippen molar-refractivity contribution in [2.45, 2.75) is 31.2 Å². The van der Waals surface area contributed by atoms with Crippen LogP contribution in [0.2, 0.25) is 0 Å². The fourth-order valence-electron chi connectivity index (χ4n) is 1.89. The highest BCUT2D eigenvalue weighted by Gasteiger charge is 2.06. The quantitative estimate of drug-likeness (QED) is 0.689. The van der Waals surface area contributed by atoms with E-state index >= 15 is 0 Å². The summed E-state index contributed by atoms with van der Waals surface area (Å²) in [5.41, 5.74) is 0.993. The van der Waals surface area contributed by atoms with Crippen LogP contribution in [0.1, 0.15) is 19.4 Å². The van der Waals surface area contributed by atoms with Crippen LogP contribution in [0.25, 0.3) is 0 Å². The Morgan fingerprint density at radius 1 is 1.22 bits per heavy atom. The van der Waals surface area contributed by atoms with Crippen molar-refractivity contribution >= 4 is 21.8 Å². The first-order chi connectivity index (χ1) is 10.8. The smallest absolute Gasteiger partial charge is 0.244 e. The molecule has 0 aliphatic carbocycles. The lowest BCUT2D eigenvalue weighted by molar-refractivity contribution is 0.598. The van der Waals surface area contributed by atoms with Gasteiger partial charge in [0.2, 0.25) is 16.0 Å². The maximum absolute atomic E-state index is 11.2. The van der Waals surface area contributed by atoms with Gasteiger partial charge in [-0.3, -0.25) is 0 Å². The van der Waals surface area contributed by atoms with E-state index in [2.05, 4.69) is 25.8 Å². The van der Waals surface area contributed by atoms with E-state index in [1.165, 1.54) is 12.1 Å². The largest absolute Gasteiger partial charge is 0.368 e. The molecule has 2 aromatic rings. The van der Waals surface area contributed by atoms with Crippen molar-refractivity contribution < 1.29 is 8.42 Å². The van der Waals surface area contributed by atoms with E-state index < -0.39 is 10.0 Å². The molecule has 0 bridgehead atoms. The molecular formula is C14H20N6O2S. The Bertz CT molecular complexity index is 746. The molecule has 0 aliphatic rings. The number of primary sulfonamides is 1. The highest BCUT2D eigenvalue weighted by molar-refractivity contribution is 7.89. The minimum Gasteiger partial charge on any atom is -0.368 e. The van der Waals surface area contributed by atoms with E-state index in [4.69, 9.17) is 5.14 Å². The number of hydrogen-bond acceptors (Lipinski definition) is 7. The summed E-state index contributed by atoms with van der Waals surface area (Å²) in [6, 6.07) is 6.71. The number of hydrogen-bond donors (Lipinski definition) is 3. The molecule has 0 amide bonds. The number of aromatic nitrogens is 3. The lowest BCUT2D eigenvalue weighted by Gasteiger charge is -2.09. The maximum Gasteiger partial charge on any atom is 0.244 e. The first kappa shape index (κ1) is 17.1. The summed E-state index contributed by atoms with van der Waals surface area (Å²) < 4.78 is 22.4. The summed E-state index contributed by atoms with van der Waals surface area (Å²) in [4.78, 5) is 4.41. The summed E-state index contributed by atoms with van der Waals surface area (Å²) >= 11 is 0. The van der Waals surface area contributed by atoms with Crippen LogP contribution in [0.3, 0.4) is 0 Å². The third-order valence-corrected chi connectivity index (χ3v) is 3.88. The Morgan fingerprint density at radius 2 is 1.91 bits per heavy atom. The topological polar surface area (TPSA) is 123 Å². The van der Waals surface area contributed by atoms with Crippen molar-refractivity contribution in [3.05, 3.63) is 36.0 Å². The third kappa shape index (κ3) is 5.46. The van der Waals surface area contributed by atoms with Gasteiger partial charge < -0.3 is 10.6 Å². The van der Waals surface area contributed by atoms with Crippen LogP contribution in [0.15, 0.2) is 35.4 Å². The van der Waals surface area contributed by atoms with E-state index in [0.717, 1.165) is 5.56 Å². The molecule has 4 N–H and O–H groups in total. The predicted octanol–water partition coefficient (Wildman–Crippen LogP) is 0.994. The van der Waals surface area contributed by atoms with Crippen LogP contribution in [0.4, 0.5) is 11.8 Å². The number of nitrogens with one attached hydrogen (secondary N) is 2. The molecule has 1 heterocycles. The monoisotopic (exact) mass is 336 g/mol. The molecule has 1 aromatic heterocycles. The summed E-state index contributed by atoms with van der Waals surface area (Å²) in [5.74, 6) is 1.10. The number of nitrogens with zero attached hydrogens (tertiary/aromatic N) is 3. The van der Waals surface area contributed by atoms with Crippen LogP contribution in [0.5, 0.6) is 0 Å². The van der Waals surface area contributed by atoms with Gasteiger partial charge in [-0.05, 0) is 38.0 Å². The summed E-state index contributed by atoms with van der Waals surface area (Å²) in [7, 11) is -3.65. The third-order valence-electron chi connectivity index (χ3n) is 2.95. The van der Waals surface area contributed by atoms with Crippen LogP contribution in [-0.4, -0.2) is 36.2 Å². The fraction of sp³-hybridized carbons (Fsp3) is 0.357. The fourth-order valence-corrected chi connectivity index (χ4v) is 2.40. The molecule has 0 saturated carbocycles. The second kappa shape index (κ2) is 7.34. The van der Waals surface area contributed by atoms with Gasteiger partial charge in [0.1, 0.15) is 0 Å². The van der Waals surface area contributed by atoms with Crippen LogP contribution < -0.4 is 15.8 Å². The zero-order valence-corrected chi connectivity index (χ0v) is 13.8. The first-order valence-corrected chi connectivity index (χ1v) is 8.71. The van der Waals surface area contributed by atoms with Crippen LogP contribution in [0, 0.1) is 0 Å². The van der Waals surface area contributed by atoms with Gasteiger partial charge in [-0.25, -0.2) is 13.6 Å². The zero-order chi connectivity index (χ0) is 16.9. The molecule has 0 fully saturated rings. The van der Waals surface area contributed by atoms with Gasteiger partial charge in [0.25, 0.3) is 0 Å². The standard InChI is InChI=1S/C14H20N6O2S/c1-10(2)18-14-19-13(9-17-20-14)16-8-7-11-3-5-12(6-4-11)23(15,21)22/h3-6,9-10H,7-8H2,1-2H3,(H2,15,21,22)(H2,16,18,19,20). The average Bonchev–Trinajstić information content (AvgIpc) is 2.46. The van der Waals surface area contributed by atoms with Crippen molar-refractivity contribution in [2.24, 2.45) is 5.14 Å². The molecule has 124 valence electrons. The van der Waals surface area contributed by atoms with Gasteiger partial charge in [-0.2, -0.15) is 10.1 Å². The maximum atomic E-state index is 11.2. The molecule has 2 rings (SSSR count). The van der Waals surface area contributed by atoms with E-state index in [-0.39, 0.29) is 10.9 Å². The Balaban J connectivity index is 1.90. The van der Waals surface area contributed by atoms with Gasteiger partial charge in [0.05, 0.1) is 11.1 Å². The normalized spacial score (nSPS) is 11.5. The number of anilines is 2. The van der Waals surface area contributed by atoms with Crippen molar-refractivity contribution in [2.75, 3.05) is 17.2 Å². The summed E-state index contributed by atoms with van der Waals surface area (Å²) in [5, 5.41) is 19.1. The Labute approximate surface area is 135 Å². The SMILES string of the molecule is CC(C)Nc1nncc(NCCc2ccc(S(N)(=O)=O)cc2)n1. The predicted molar refractivity (Wildman–Crippen MR) is 88.6 cm³/mol. The highest BCUT2D eigenvalue weighted by atomic mass is 32.2. The Kier molecular flexibility index (Phi) is 5.45. The lowest BCUT2D eigenvalue weighted by Crippen LogP contribution is -2.15. The summed E-state index contributed by atoms with van der Waals surface area (Å²) in [6.07, 6.45) is 2.26. The number of rotatable bonds is 7. The average molecular weight is 336 g/mol. The number of benzene rings is 1. The molecule has 8 nitrogen and oxygen atoms in total. The lowest BCUT2D eigenvalue weighted by atomic mass is 10.1. The zero-order valence-electron chi connectivity index (χ0n) is 13.0. The molecule has 0 unspecified atom stereocenters. The molecule has 23 heavy (non-hydrogen) atoms. The molecule has 0 aliphatic heterocycles. The van der Waals surface area contributed by atoms with Crippen molar-refractivity contribution in [1.29, 1.82) is 0 Å².